The number of hydrogen-bond acceptors (Lipinski definition) is 5. The Kier molecular flexibility index (Phi) is 4.53. The molecule has 154 valence electrons. The highest BCUT2D eigenvalue weighted by Crippen LogP contribution is 2.55. The normalized spacial score (nSPS) is 22.7. The summed E-state index contributed by atoms with van der Waals surface area (Å²) < 4.78 is 39.1. The van der Waals surface area contributed by atoms with Crippen LogP contribution in [-0.2, 0) is 20.3 Å². The minimum atomic E-state index is -4.27. The van der Waals surface area contributed by atoms with Gasteiger partial charge < -0.3 is 14.5 Å². The van der Waals surface area contributed by atoms with Crippen LogP contribution in [0.3, 0.4) is 0 Å². The average Bonchev–Trinajstić information content (AvgIpc) is 3.17. The summed E-state index contributed by atoms with van der Waals surface area (Å²) in [4.78, 5) is 4.14. The molecular weight excluding hydrogens is 388 g/mol. The van der Waals surface area contributed by atoms with Crippen molar-refractivity contribution in [1.82, 2.24) is 0 Å². The Morgan fingerprint density at radius 1 is 1.14 bits per heavy atom. The van der Waals surface area contributed by atoms with Gasteiger partial charge in [-0.15, -0.1) is 0 Å². The summed E-state index contributed by atoms with van der Waals surface area (Å²) in [6.07, 6.45) is 4.12. The summed E-state index contributed by atoms with van der Waals surface area (Å²) >= 11 is 0. The first-order valence-electron chi connectivity index (χ1n) is 9.56. The molecule has 7 heteroatoms. The zero-order valence-electron chi connectivity index (χ0n) is 17.1. The largest absolute Gasteiger partial charge is 0.378 e. The molecule has 6 nitrogen and oxygen atoms in total. The Morgan fingerprint density at radius 3 is 2.45 bits per heavy atom. The molecule has 0 bridgehead atoms. The van der Waals surface area contributed by atoms with E-state index in [1.165, 1.54) is 6.07 Å². The highest BCUT2D eigenvalue weighted by molar-refractivity contribution is 7.85. The standard InChI is InChI=1S/C22H26N2O4S/c1-21(2)19-15-18(29(25,26)27)9-10-20(19)24-13-14-28-22(21,24)12-11-16-5-7-17(8-6-16)23(3)4/h5-12,15H,13-14H2,1-4H3,(H,25,26,27)/b12-11+. The summed E-state index contributed by atoms with van der Waals surface area (Å²) in [7, 11) is -0.252. The second-order valence-corrected chi connectivity index (χ2v) is 9.72. The van der Waals surface area contributed by atoms with Crippen LogP contribution >= 0.6 is 0 Å². The SMILES string of the molecule is CN(C)c1ccc(/C=C/C23OCCN2c2ccc(S(=O)(=O)O)cc2C3(C)C)cc1. The Morgan fingerprint density at radius 2 is 1.83 bits per heavy atom. The minimum Gasteiger partial charge on any atom is -0.378 e. The lowest BCUT2D eigenvalue weighted by Gasteiger charge is -2.39. The highest BCUT2D eigenvalue weighted by Gasteiger charge is 2.59. The molecule has 1 saturated heterocycles. The van der Waals surface area contributed by atoms with E-state index in [1.54, 1.807) is 12.1 Å². The molecule has 1 atom stereocenters. The second kappa shape index (κ2) is 6.58. The summed E-state index contributed by atoms with van der Waals surface area (Å²) in [5.41, 5.74) is 2.75. The van der Waals surface area contributed by atoms with Gasteiger partial charge in [0.25, 0.3) is 10.1 Å². The van der Waals surface area contributed by atoms with E-state index in [-0.39, 0.29) is 4.90 Å². The lowest BCUT2D eigenvalue weighted by Crippen LogP contribution is -2.51. The third-order valence-corrected chi connectivity index (χ3v) is 6.92. The van der Waals surface area contributed by atoms with Crippen LogP contribution in [0.15, 0.2) is 53.4 Å². The van der Waals surface area contributed by atoms with Crippen LogP contribution in [0.2, 0.25) is 0 Å². The first-order chi connectivity index (χ1) is 13.6. The van der Waals surface area contributed by atoms with Gasteiger partial charge in [-0.1, -0.05) is 32.1 Å². The number of rotatable bonds is 4. The molecule has 2 aromatic rings. The van der Waals surface area contributed by atoms with Gasteiger partial charge in [-0.05, 0) is 47.5 Å². The van der Waals surface area contributed by atoms with E-state index in [2.05, 4.69) is 46.2 Å². The van der Waals surface area contributed by atoms with Crippen molar-refractivity contribution in [2.75, 3.05) is 37.0 Å². The first-order valence-corrected chi connectivity index (χ1v) is 11.0. The van der Waals surface area contributed by atoms with E-state index in [9.17, 15) is 13.0 Å². The van der Waals surface area contributed by atoms with E-state index in [4.69, 9.17) is 4.74 Å². The van der Waals surface area contributed by atoms with Gasteiger partial charge in [0.05, 0.1) is 11.5 Å². The van der Waals surface area contributed by atoms with Crippen LogP contribution in [0, 0.1) is 0 Å². The molecule has 0 radical (unpaired) electrons. The molecule has 2 heterocycles. The fourth-order valence-electron chi connectivity index (χ4n) is 4.40. The van der Waals surface area contributed by atoms with Crippen LogP contribution in [0.5, 0.6) is 0 Å². The third kappa shape index (κ3) is 3.04. The fourth-order valence-corrected chi connectivity index (χ4v) is 4.90. The van der Waals surface area contributed by atoms with E-state index in [1.807, 2.05) is 27.9 Å². The molecule has 0 spiro atoms. The van der Waals surface area contributed by atoms with Crippen molar-refractivity contribution in [2.24, 2.45) is 0 Å². The van der Waals surface area contributed by atoms with E-state index < -0.39 is 21.3 Å². The predicted molar refractivity (Wildman–Crippen MR) is 115 cm³/mol. The number of ether oxygens (including phenoxy) is 1. The molecule has 4 rings (SSSR count). The van der Waals surface area contributed by atoms with Gasteiger partial charge in [0, 0.05) is 37.4 Å². The van der Waals surface area contributed by atoms with Crippen molar-refractivity contribution in [3.05, 3.63) is 59.7 Å². The Balaban J connectivity index is 1.76. The number of fused-ring (bicyclic) bond motifs is 3. The molecular formula is C22H26N2O4S. The molecule has 0 saturated carbocycles. The van der Waals surface area contributed by atoms with Gasteiger partial charge in [-0.2, -0.15) is 8.42 Å². The third-order valence-electron chi connectivity index (χ3n) is 6.07. The number of hydrogen-bond donors (Lipinski definition) is 1. The molecule has 1 unspecified atom stereocenters. The van der Waals surface area contributed by atoms with E-state index in [0.29, 0.717) is 13.2 Å². The molecule has 1 fully saturated rings. The smallest absolute Gasteiger partial charge is 0.294 e. The Labute approximate surface area is 172 Å². The van der Waals surface area contributed by atoms with Gasteiger partial charge in [0.2, 0.25) is 0 Å². The monoisotopic (exact) mass is 414 g/mol. The van der Waals surface area contributed by atoms with Crippen molar-refractivity contribution in [1.29, 1.82) is 0 Å². The van der Waals surface area contributed by atoms with Crippen molar-refractivity contribution in [2.45, 2.75) is 29.9 Å². The molecule has 0 aromatic heterocycles. The van der Waals surface area contributed by atoms with E-state index in [0.717, 1.165) is 22.5 Å². The van der Waals surface area contributed by atoms with Crippen LogP contribution < -0.4 is 9.80 Å². The molecule has 0 amide bonds. The molecule has 29 heavy (non-hydrogen) atoms. The molecule has 2 aliphatic rings. The quantitative estimate of drug-likeness (QED) is 0.772. The summed E-state index contributed by atoms with van der Waals surface area (Å²) in [6.45, 7) is 5.40. The Hall–Kier alpha value is -2.35. The zero-order chi connectivity index (χ0) is 21.0. The number of anilines is 2. The lowest BCUT2D eigenvalue weighted by atomic mass is 9.77. The predicted octanol–water partition coefficient (Wildman–Crippen LogP) is 3.54. The van der Waals surface area contributed by atoms with Gasteiger partial charge >= 0.3 is 0 Å². The van der Waals surface area contributed by atoms with Crippen molar-refractivity contribution in [3.8, 4) is 0 Å². The highest BCUT2D eigenvalue weighted by atomic mass is 32.2. The van der Waals surface area contributed by atoms with Crippen molar-refractivity contribution >= 4 is 27.6 Å². The average molecular weight is 415 g/mol. The van der Waals surface area contributed by atoms with Crippen molar-refractivity contribution < 1.29 is 17.7 Å². The maximum atomic E-state index is 11.6. The molecule has 0 aliphatic carbocycles. The maximum absolute atomic E-state index is 11.6. The summed E-state index contributed by atoms with van der Waals surface area (Å²) in [5, 5.41) is 0. The van der Waals surface area contributed by atoms with Crippen LogP contribution in [0.4, 0.5) is 11.4 Å². The van der Waals surface area contributed by atoms with Gasteiger partial charge in [-0.25, -0.2) is 0 Å². The van der Waals surface area contributed by atoms with Crippen LogP contribution in [0.1, 0.15) is 25.0 Å². The van der Waals surface area contributed by atoms with Gasteiger partial charge in [-0.3, -0.25) is 4.55 Å². The number of nitrogens with zero attached hydrogens (tertiary/aromatic N) is 2. The lowest BCUT2D eigenvalue weighted by molar-refractivity contribution is 0.000291. The fraction of sp³-hybridized carbons (Fsp3) is 0.364. The first kappa shape index (κ1) is 19.9. The van der Waals surface area contributed by atoms with Crippen LogP contribution in [-0.4, -0.2) is 45.9 Å². The van der Waals surface area contributed by atoms with E-state index >= 15 is 0 Å². The van der Waals surface area contributed by atoms with Gasteiger partial charge in [0.15, 0.2) is 5.72 Å². The molecule has 2 aliphatic heterocycles. The summed E-state index contributed by atoms with van der Waals surface area (Å²) in [6, 6.07) is 13.0. The number of benzene rings is 2. The maximum Gasteiger partial charge on any atom is 0.294 e. The minimum absolute atomic E-state index is 0.0936. The van der Waals surface area contributed by atoms with Crippen molar-refractivity contribution in [3.63, 3.8) is 0 Å². The van der Waals surface area contributed by atoms with Crippen LogP contribution in [0.25, 0.3) is 6.08 Å². The second-order valence-electron chi connectivity index (χ2n) is 8.29. The molecule has 1 N–H and O–H groups in total. The topological polar surface area (TPSA) is 70.1 Å². The van der Waals surface area contributed by atoms with Gasteiger partial charge in [0.1, 0.15) is 0 Å². The summed E-state index contributed by atoms with van der Waals surface area (Å²) in [5.74, 6) is 0. The zero-order valence-corrected chi connectivity index (χ0v) is 17.9. The Bertz CT molecular complexity index is 1070. The molecule has 2 aromatic carbocycles.